The van der Waals surface area contributed by atoms with Crippen molar-refractivity contribution in [3.63, 3.8) is 0 Å². The maximum absolute atomic E-state index is 10.4. The standard InChI is InChI=1S/C7H7NO3.CH2O.CH4/c8-4-1-2-6(9)5(3-4)7(10)11;1-2;/h1-3,9H,8H2,(H,10,11);1H2;1H4. The van der Waals surface area contributed by atoms with Gasteiger partial charge in [-0.25, -0.2) is 4.79 Å². The largest absolute Gasteiger partial charge is 0.507 e. The van der Waals surface area contributed by atoms with Crippen LogP contribution < -0.4 is 5.73 Å². The molecule has 0 bridgehead atoms. The molecule has 1 rings (SSSR count). The molecule has 5 nitrogen and oxygen atoms in total. The summed E-state index contributed by atoms with van der Waals surface area (Å²) in [6.07, 6.45) is 0. The van der Waals surface area contributed by atoms with Crippen molar-refractivity contribution >= 4 is 18.4 Å². The summed E-state index contributed by atoms with van der Waals surface area (Å²) >= 11 is 0. The van der Waals surface area contributed by atoms with Gasteiger partial charge in [0.15, 0.2) is 0 Å². The van der Waals surface area contributed by atoms with Crippen molar-refractivity contribution in [3.8, 4) is 5.75 Å². The van der Waals surface area contributed by atoms with Gasteiger partial charge < -0.3 is 20.7 Å². The normalized spacial score (nSPS) is 7.71. The van der Waals surface area contributed by atoms with Gasteiger partial charge in [-0.3, -0.25) is 0 Å². The summed E-state index contributed by atoms with van der Waals surface area (Å²) < 4.78 is 0. The SMILES string of the molecule is C.C=O.Nc1ccc(O)c(C(=O)O)c1. The quantitative estimate of drug-likeness (QED) is 0.464. The molecule has 0 saturated heterocycles. The maximum atomic E-state index is 10.4. The van der Waals surface area contributed by atoms with Crippen LogP contribution in [0.25, 0.3) is 0 Å². The predicted molar refractivity (Wildman–Crippen MR) is 53.3 cm³/mol. The van der Waals surface area contributed by atoms with Crippen molar-refractivity contribution < 1.29 is 19.8 Å². The summed E-state index contributed by atoms with van der Waals surface area (Å²) in [5, 5.41) is 17.4. The highest BCUT2D eigenvalue weighted by atomic mass is 16.4. The van der Waals surface area contributed by atoms with Crippen LogP contribution in [0.1, 0.15) is 17.8 Å². The molecule has 5 heteroatoms. The lowest BCUT2D eigenvalue weighted by Gasteiger charge is -1.98. The molecule has 0 fully saturated rings. The number of aromatic hydroxyl groups is 1. The molecule has 0 saturated carbocycles. The number of nitrogens with two attached hydrogens (primary N) is 1. The summed E-state index contributed by atoms with van der Waals surface area (Å²) in [6.45, 7) is 2.00. The van der Waals surface area contributed by atoms with E-state index >= 15 is 0 Å². The van der Waals surface area contributed by atoms with E-state index in [0.29, 0.717) is 5.69 Å². The van der Waals surface area contributed by atoms with Crippen molar-refractivity contribution in [2.24, 2.45) is 0 Å². The van der Waals surface area contributed by atoms with Gasteiger partial charge >= 0.3 is 5.97 Å². The average molecular weight is 199 g/mol. The fourth-order valence-corrected chi connectivity index (χ4v) is 0.725. The molecule has 0 atom stereocenters. The van der Waals surface area contributed by atoms with Crippen LogP contribution >= 0.6 is 0 Å². The van der Waals surface area contributed by atoms with E-state index in [9.17, 15) is 4.79 Å². The number of hydrogen-bond acceptors (Lipinski definition) is 4. The number of carbonyl (C=O) groups is 2. The molecule has 0 aromatic heterocycles. The van der Waals surface area contributed by atoms with Crippen LogP contribution in [0.3, 0.4) is 0 Å². The molecule has 4 N–H and O–H groups in total. The lowest BCUT2D eigenvalue weighted by Crippen LogP contribution is -1.97. The zero-order valence-corrected chi connectivity index (χ0v) is 6.73. The number of carboxylic acids is 1. The zero-order valence-electron chi connectivity index (χ0n) is 6.73. The number of anilines is 1. The Labute approximate surface area is 81.8 Å². The van der Waals surface area contributed by atoms with E-state index in [-0.39, 0.29) is 18.7 Å². The summed E-state index contributed by atoms with van der Waals surface area (Å²) in [5.74, 6) is -1.46. The van der Waals surface area contributed by atoms with Crippen molar-refractivity contribution in [2.75, 3.05) is 5.73 Å². The number of aromatic carboxylic acids is 1. The van der Waals surface area contributed by atoms with E-state index in [1.165, 1.54) is 18.2 Å². The van der Waals surface area contributed by atoms with Gasteiger partial charge in [0.25, 0.3) is 0 Å². The van der Waals surface area contributed by atoms with Crippen LogP contribution in [0, 0.1) is 0 Å². The topological polar surface area (TPSA) is 101 Å². The van der Waals surface area contributed by atoms with Crippen LogP contribution in [-0.4, -0.2) is 23.0 Å². The highest BCUT2D eigenvalue weighted by molar-refractivity contribution is 5.91. The van der Waals surface area contributed by atoms with Gasteiger partial charge in [0.1, 0.15) is 18.1 Å². The molecule has 0 aliphatic carbocycles. The third kappa shape index (κ3) is 3.57. The van der Waals surface area contributed by atoms with Gasteiger partial charge in [-0.1, -0.05) is 7.43 Å². The van der Waals surface area contributed by atoms with Crippen LogP contribution in [0.4, 0.5) is 5.69 Å². The monoisotopic (exact) mass is 199 g/mol. The van der Waals surface area contributed by atoms with Gasteiger partial charge in [0.05, 0.1) is 0 Å². The molecule has 0 aliphatic rings. The molecule has 78 valence electrons. The van der Waals surface area contributed by atoms with Crippen LogP contribution in [0.5, 0.6) is 5.75 Å². The second-order valence-corrected chi connectivity index (χ2v) is 2.08. The number of carbonyl (C=O) groups excluding carboxylic acids is 1. The number of hydrogen-bond donors (Lipinski definition) is 3. The molecule has 1 aromatic carbocycles. The zero-order chi connectivity index (χ0) is 10.4. The molecular weight excluding hydrogens is 186 g/mol. The highest BCUT2D eigenvalue weighted by Crippen LogP contribution is 2.18. The van der Waals surface area contributed by atoms with Gasteiger partial charge in [-0.05, 0) is 18.2 Å². The second kappa shape index (κ2) is 6.47. The van der Waals surface area contributed by atoms with E-state index in [1.54, 1.807) is 0 Å². The Hall–Kier alpha value is -2.04. The highest BCUT2D eigenvalue weighted by Gasteiger charge is 2.08. The minimum atomic E-state index is -1.19. The lowest BCUT2D eigenvalue weighted by molar-refractivity contribution is -0.0980. The van der Waals surface area contributed by atoms with Crippen LogP contribution in [-0.2, 0) is 4.79 Å². The molecule has 14 heavy (non-hydrogen) atoms. The van der Waals surface area contributed by atoms with Gasteiger partial charge in [0, 0.05) is 5.69 Å². The minimum absolute atomic E-state index is 0. The van der Waals surface area contributed by atoms with E-state index < -0.39 is 5.97 Å². The molecule has 0 spiro atoms. The second-order valence-electron chi connectivity index (χ2n) is 2.08. The van der Waals surface area contributed by atoms with E-state index in [4.69, 9.17) is 20.7 Å². The van der Waals surface area contributed by atoms with Crippen molar-refractivity contribution in [2.45, 2.75) is 7.43 Å². The predicted octanol–water partition coefficient (Wildman–Crippen LogP) is 1.12. The van der Waals surface area contributed by atoms with Gasteiger partial charge in [0.2, 0.25) is 0 Å². The third-order valence-electron chi connectivity index (χ3n) is 1.25. The Morgan fingerprint density at radius 2 is 1.86 bits per heavy atom. The smallest absolute Gasteiger partial charge is 0.339 e. The fourth-order valence-electron chi connectivity index (χ4n) is 0.725. The Morgan fingerprint density at radius 1 is 1.36 bits per heavy atom. The summed E-state index contributed by atoms with van der Waals surface area (Å²) in [4.78, 5) is 18.4. The number of carboxylic acid groups (broad SMARTS) is 1. The first-order chi connectivity index (χ1) is 6.11. The van der Waals surface area contributed by atoms with Gasteiger partial charge in [-0.2, -0.15) is 0 Å². The Bertz CT molecular complexity index is 312. The van der Waals surface area contributed by atoms with Crippen molar-refractivity contribution in [3.05, 3.63) is 23.8 Å². The summed E-state index contributed by atoms with van der Waals surface area (Å²) in [5.41, 5.74) is 5.43. The Morgan fingerprint density at radius 3 is 2.21 bits per heavy atom. The average Bonchev–Trinajstić information content (AvgIpc) is 2.12. The Kier molecular flexibility index (Phi) is 6.70. The summed E-state index contributed by atoms with van der Waals surface area (Å²) in [7, 11) is 0. The van der Waals surface area contributed by atoms with Crippen LogP contribution in [0.15, 0.2) is 18.2 Å². The number of benzene rings is 1. The number of phenols is 1. The van der Waals surface area contributed by atoms with E-state index in [0.717, 1.165) is 0 Å². The first-order valence-electron chi connectivity index (χ1n) is 3.22. The van der Waals surface area contributed by atoms with Crippen molar-refractivity contribution in [1.82, 2.24) is 0 Å². The molecule has 0 radical (unpaired) electrons. The van der Waals surface area contributed by atoms with Crippen LogP contribution in [0.2, 0.25) is 0 Å². The first kappa shape index (κ1) is 14.5. The molecule has 0 aliphatic heterocycles. The Balaban J connectivity index is 0. The molecule has 0 amide bonds. The maximum Gasteiger partial charge on any atom is 0.339 e. The number of rotatable bonds is 1. The van der Waals surface area contributed by atoms with Crippen molar-refractivity contribution in [1.29, 1.82) is 0 Å². The minimum Gasteiger partial charge on any atom is -0.507 e. The molecule has 1 aromatic rings. The first-order valence-corrected chi connectivity index (χ1v) is 3.22. The lowest BCUT2D eigenvalue weighted by atomic mass is 10.2. The number of nitrogen functional groups attached to an aromatic ring is 1. The molecule has 0 heterocycles. The molecular formula is C9H13NO4. The third-order valence-corrected chi connectivity index (χ3v) is 1.25. The van der Waals surface area contributed by atoms with E-state index in [2.05, 4.69) is 0 Å². The molecule has 0 unspecified atom stereocenters. The van der Waals surface area contributed by atoms with E-state index in [1.807, 2.05) is 6.79 Å². The fraction of sp³-hybridized carbons (Fsp3) is 0.111. The summed E-state index contributed by atoms with van der Waals surface area (Å²) in [6, 6.07) is 3.89. The van der Waals surface area contributed by atoms with Gasteiger partial charge in [-0.15, -0.1) is 0 Å².